The third-order valence-corrected chi connectivity index (χ3v) is 3.45. The summed E-state index contributed by atoms with van der Waals surface area (Å²) in [6.07, 6.45) is 1.69. The van der Waals surface area contributed by atoms with Crippen LogP contribution in [0.3, 0.4) is 0 Å². The molecule has 2 aromatic rings. The monoisotopic (exact) mass is 275 g/mol. The van der Waals surface area contributed by atoms with Crippen LogP contribution in [-0.4, -0.2) is 33.7 Å². The molecule has 1 atom stereocenters. The maximum absolute atomic E-state index is 12.2. The molecule has 1 aromatic carbocycles. The molecule has 1 aromatic heterocycles. The van der Waals surface area contributed by atoms with E-state index in [4.69, 9.17) is 0 Å². The van der Waals surface area contributed by atoms with Crippen LogP contribution in [0.5, 0.6) is 0 Å². The third kappa shape index (κ3) is 2.99. The number of aliphatic hydroxyl groups is 1. The molecule has 108 valence electrons. The highest BCUT2D eigenvalue weighted by Gasteiger charge is 2.21. The number of hydrogen-bond acceptors (Lipinski definition) is 3. The third-order valence-electron chi connectivity index (χ3n) is 3.45. The number of benzene rings is 1. The molecule has 0 aliphatic heterocycles. The van der Waals surface area contributed by atoms with E-state index in [0.29, 0.717) is 6.54 Å². The van der Waals surface area contributed by atoms with Gasteiger partial charge < -0.3 is 15.0 Å². The number of nitrogens with zero attached hydrogens (tertiary/aromatic N) is 2. The number of carbonyl (C=O) groups excluding carboxylic acids is 1. The summed E-state index contributed by atoms with van der Waals surface area (Å²) in [4.78, 5) is 16.5. The molecule has 2 N–H and O–H groups in total. The van der Waals surface area contributed by atoms with Gasteiger partial charge in [0.2, 0.25) is 5.91 Å². The van der Waals surface area contributed by atoms with E-state index in [0.717, 1.165) is 11.0 Å². The van der Waals surface area contributed by atoms with E-state index in [1.807, 2.05) is 49.6 Å². The second kappa shape index (κ2) is 5.63. The molecular weight excluding hydrogens is 254 g/mol. The highest BCUT2D eigenvalue weighted by Crippen LogP contribution is 2.18. The van der Waals surface area contributed by atoms with Crippen molar-refractivity contribution in [3.8, 4) is 0 Å². The summed E-state index contributed by atoms with van der Waals surface area (Å²) in [5.74, 6) is -0.0744. The van der Waals surface area contributed by atoms with Crippen LogP contribution in [0.2, 0.25) is 0 Å². The van der Waals surface area contributed by atoms with Crippen LogP contribution in [0.15, 0.2) is 30.6 Å². The van der Waals surface area contributed by atoms with Gasteiger partial charge in [-0.25, -0.2) is 4.98 Å². The molecule has 0 bridgehead atoms. The maximum Gasteiger partial charge on any atom is 0.242 e. The zero-order chi connectivity index (χ0) is 14.8. The molecular formula is C15H21N3O2. The minimum absolute atomic E-state index is 0.0374. The van der Waals surface area contributed by atoms with E-state index in [1.54, 1.807) is 6.33 Å². The minimum atomic E-state index is -0.336. The van der Waals surface area contributed by atoms with Gasteiger partial charge in [-0.1, -0.05) is 26.0 Å². The second-order valence-corrected chi connectivity index (χ2v) is 5.86. The topological polar surface area (TPSA) is 67.2 Å². The molecule has 5 nitrogen and oxygen atoms in total. The van der Waals surface area contributed by atoms with Crippen LogP contribution >= 0.6 is 0 Å². The van der Waals surface area contributed by atoms with Gasteiger partial charge in [-0.15, -0.1) is 0 Å². The molecule has 20 heavy (non-hydrogen) atoms. The molecule has 1 amide bonds. The lowest BCUT2D eigenvalue weighted by Gasteiger charge is -2.23. The molecule has 0 aliphatic carbocycles. The first kappa shape index (κ1) is 14.5. The normalized spacial score (nSPS) is 13.4. The van der Waals surface area contributed by atoms with Crippen molar-refractivity contribution in [1.82, 2.24) is 14.9 Å². The van der Waals surface area contributed by atoms with Crippen LogP contribution in [0, 0.1) is 5.41 Å². The Morgan fingerprint density at radius 2 is 2.15 bits per heavy atom. The van der Waals surface area contributed by atoms with Crippen LogP contribution in [0.25, 0.3) is 11.0 Å². The lowest BCUT2D eigenvalue weighted by molar-refractivity contribution is -0.124. The summed E-state index contributed by atoms with van der Waals surface area (Å²) in [5, 5.41) is 12.1. The van der Waals surface area contributed by atoms with Crippen molar-refractivity contribution >= 4 is 16.9 Å². The summed E-state index contributed by atoms with van der Waals surface area (Å²) in [6.45, 7) is 6.14. The van der Waals surface area contributed by atoms with E-state index in [-0.39, 0.29) is 24.0 Å². The molecule has 0 radical (unpaired) electrons. The Bertz CT molecular complexity index is 604. The zero-order valence-electron chi connectivity index (χ0n) is 12.1. The van der Waals surface area contributed by atoms with E-state index in [9.17, 15) is 9.90 Å². The number of amides is 1. The molecule has 0 spiro atoms. The number of hydrogen-bond donors (Lipinski definition) is 2. The highest BCUT2D eigenvalue weighted by molar-refractivity contribution is 5.83. The van der Waals surface area contributed by atoms with Gasteiger partial charge in [0.15, 0.2) is 0 Å². The molecule has 0 saturated carbocycles. The maximum atomic E-state index is 12.2. The molecule has 0 aliphatic rings. The van der Waals surface area contributed by atoms with Crippen LogP contribution in [-0.2, 0) is 4.79 Å². The molecule has 0 fully saturated rings. The predicted octanol–water partition coefficient (Wildman–Crippen LogP) is 1.73. The van der Waals surface area contributed by atoms with Crippen LogP contribution in [0.4, 0.5) is 0 Å². The first-order valence-corrected chi connectivity index (χ1v) is 6.75. The first-order valence-electron chi connectivity index (χ1n) is 6.75. The van der Waals surface area contributed by atoms with Crippen molar-refractivity contribution in [2.75, 3.05) is 13.2 Å². The van der Waals surface area contributed by atoms with Gasteiger partial charge in [0.25, 0.3) is 0 Å². The molecule has 2 rings (SSSR count). The number of carbonyl (C=O) groups is 1. The van der Waals surface area contributed by atoms with E-state index in [1.165, 1.54) is 0 Å². The van der Waals surface area contributed by atoms with Crippen molar-refractivity contribution in [1.29, 1.82) is 0 Å². The van der Waals surface area contributed by atoms with Gasteiger partial charge in [-0.3, -0.25) is 4.79 Å². The molecule has 5 heteroatoms. The number of imidazole rings is 1. The Balaban J connectivity index is 2.11. The standard InChI is InChI=1S/C15H21N3O2/c1-11(14(20)16-8-15(2,3)9-19)18-10-17-12-6-4-5-7-13(12)18/h4-7,10-11,19H,8-9H2,1-3H3,(H,16,20). The quantitative estimate of drug-likeness (QED) is 0.873. The number of aromatic nitrogens is 2. The van der Waals surface area contributed by atoms with Crippen LogP contribution < -0.4 is 5.32 Å². The van der Waals surface area contributed by atoms with Crippen LogP contribution in [0.1, 0.15) is 26.8 Å². The number of nitrogens with one attached hydrogen (secondary N) is 1. The Labute approximate surface area is 118 Å². The van der Waals surface area contributed by atoms with Gasteiger partial charge in [0.05, 0.1) is 17.4 Å². The lowest BCUT2D eigenvalue weighted by atomic mass is 9.95. The summed E-state index contributed by atoms with van der Waals surface area (Å²) in [7, 11) is 0. The average molecular weight is 275 g/mol. The van der Waals surface area contributed by atoms with Crippen molar-refractivity contribution < 1.29 is 9.90 Å². The Kier molecular flexibility index (Phi) is 4.09. The molecule has 1 heterocycles. The Morgan fingerprint density at radius 3 is 2.85 bits per heavy atom. The van der Waals surface area contributed by atoms with Gasteiger partial charge in [0, 0.05) is 18.6 Å². The van der Waals surface area contributed by atoms with Gasteiger partial charge >= 0.3 is 0 Å². The Morgan fingerprint density at radius 1 is 1.45 bits per heavy atom. The molecule has 0 saturated heterocycles. The van der Waals surface area contributed by atoms with Gasteiger partial charge in [-0.05, 0) is 19.1 Å². The van der Waals surface area contributed by atoms with Gasteiger partial charge in [0.1, 0.15) is 6.04 Å². The van der Waals surface area contributed by atoms with E-state index >= 15 is 0 Å². The fourth-order valence-corrected chi connectivity index (χ4v) is 1.94. The number of aliphatic hydroxyl groups excluding tert-OH is 1. The fourth-order valence-electron chi connectivity index (χ4n) is 1.94. The molecule has 1 unspecified atom stereocenters. The summed E-state index contributed by atoms with van der Waals surface area (Å²) in [6, 6.07) is 7.39. The highest BCUT2D eigenvalue weighted by atomic mass is 16.3. The first-order chi connectivity index (χ1) is 9.44. The SMILES string of the molecule is CC(C(=O)NCC(C)(C)CO)n1cnc2ccccc21. The predicted molar refractivity (Wildman–Crippen MR) is 78.3 cm³/mol. The van der Waals surface area contributed by atoms with Gasteiger partial charge in [-0.2, -0.15) is 0 Å². The van der Waals surface area contributed by atoms with Crippen molar-refractivity contribution in [2.24, 2.45) is 5.41 Å². The fraction of sp³-hybridized carbons (Fsp3) is 0.467. The average Bonchev–Trinajstić information content (AvgIpc) is 2.88. The van der Waals surface area contributed by atoms with Crippen molar-refractivity contribution in [3.63, 3.8) is 0 Å². The summed E-state index contributed by atoms with van der Waals surface area (Å²) < 4.78 is 1.86. The van der Waals surface area contributed by atoms with E-state index in [2.05, 4.69) is 10.3 Å². The number of rotatable bonds is 5. The number of para-hydroxylation sites is 2. The van der Waals surface area contributed by atoms with Crippen molar-refractivity contribution in [3.05, 3.63) is 30.6 Å². The Hall–Kier alpha value is -1.88. The smallest absolute Gasteiger partial charge is 0.242 e. The summed E-state index contributed by atoms with van der Waals surface area (Å²) >= 11 is 0. The largest absolute Gasteiger partial charge is 0.396 e. The number of fused-ring (bicyclic) bond motifs is 1. The zero-order valence-corrected chi connectivity index (χ0v) is 12.1. The summed E-state index contributed by atoms with van der Waals surface area (Å²) in [5.41, 5.74) is 1.51. The lowest BCUT2D eigenvalue weighted by Crippen LogP contribution is -2.39. The van der Waals surface area contributed by atoms with E-state index < -0.39 is 0 Å². The second-order valence-electron chi connectivity index (χ2n) is 5.86. The minimum Gasteiger partial charge on any atom is -0.396 e. The van der Waals surface area contributed by atoms with Crippen molar-refractivity contribution in [2.45, 2.75) is 26.8 Å².